The van der Waals surface area contributed by atoms with E-state index in [9.17, 15) is 9.59 Å². The van der Waals surface area contributed by atoms with Crippen LogP contribution in [0.2, 0.25) is 0 Å². The van der Waals surface area contributed by atoms with Crippen LogP contribution < -0.4 is 5.32 Å². The summed E-state index contributed by atoms with van der Waals surface area (Å²) in [4.78, 5) is 24.6. The van der Waals surface area contributed by atoms with Gasteiger partial charge in [0.05, 0.1) is 13.2 Å². The Labute approximate surface area is 159 Å². The van der Waals surface area contributed by atoms with Crippen molar-refractivity contribution < 1.29 is 19.1 Å². The highest BCUT2D eigenvalue weighted by Crippen LogP contribution is 2.27. The Morgan fingerprint density at radius 2 is 1.62 bits per heavy atom. The molecular formula is C21H39NO4. The zero-order valence-corrected chi connectivity index (χ0v) is 17.1. The quantitative estimate of drug-likeness (QED) is 0.378. The molecule has 1 amide bonds. The minimum atomic E-state index is -0.574. The molecule has 0 aromatic carbocycles. The van der Waals surface area contributed by atoms with Crippen LogP contribution >= 0.6 is 0 Å². The second-order valence-electron chi connectivity index (χ2n) is 7.95. The van der Waals surface area contributed by atoms with Crippen LogP contribution in [0.1, 0.15) is 91.4 Å². The third-order valence-electron chi connectivity index (χ3n) is 4.94. The van der Waals surface area contributed by atoms with E-state index < -0.39 is 12.1 Å². The molecule has 1 atom stereocenters. The predicted octanol–water partition coefficient (Wildman–Crippen LogP) is 5.22. The summed E-state index contributed by atoms with van der Waals surface area (Å²) < 4.78 is 10.7. The van der Waals surface area contributed by atoms with Crippen molar-refractivity contribution in [1.29, 1.82) is 0 Å². The van der Waals surface area contributed by atoms with Crippen LogP contribution in [0.25, 0.3) is 0 Å². The number of rotatable bonds is 12. The Balaban J connectivity index is 2.41. The SMILES string of the molecule is CCCCCCCCOC(=O)C(NC(=O)OCC(C)C)C1CCCCC1. The molecule has 5 heteroatoms. The van der Waals surface area contributed by atoms with Gasteiger partial charge >= 0.3 is 12.1 Å². The Bertz CT molecular complexity index is 391. The first kappa shape index (κ1) is 22.8. The predicted molar refractivity (Wildman–Crippen MR) is 104 cm³/mol. The van der Waals surface area contributed by atoms with E-state index in [0.717, 1.165) is 38.5 Å². The summed E-state index contributed by atoms with van der Waals surface area (Å²) in [5, 5.41) is 2.77. The van der Waals surface area contributed by atoms with Gasteiger partial charge < -0.3 is 14.8 Å². The lowest BCUT2D eigenvalue weighted by atomic mass is 9.84. The van der Waals surface area contributed by atoms with Crippen molar-refractivity contribution >= 4 is 12.1 Å². The van der Waals surface area contributed by atoms with Gasteiger partial charge in [0, 0.05) is 0 Å². The second kappa shape index (κ2) is 13.9. The van der Waals surface area contributed by atoms with Gasteiger partial charge in [-0.05, 0) is 31.1 Å². The number of alkyl carbamates (subject to hydrolysis) is 1. The summed E-state index contributed by atoms with van der Waals surface area (Å²) in [7, 11) is 0. The number of hydrogen-bond donors (Lipinski definition) is 1. The number of hydrogen-bond acceptors (Lipinski definition) is 4. The van der Waals surface area contributed by atoms with Gasteiger partial charge in [-0.2, -0.15) is 0 Å². The highest BCUT2D eigenvalue weighted by atomic mass is 16.6. The highest BCUT2D eigenvalue weighted by molar-refractivity contribution is 5.81. The Hall–Kier alpha value is -1.26. The van der Waals surface area contributed by atoms with Crippen molar-refractivity contribution in [2.75, 3.05) is 13.2 Å². The molecule has 0 aromatic heterocycles. The smallest absolute Gasteiger partial charge is 0.407 e. The molecule has 26 heavy (non-hydrogen) atoms. The lowest BCUT2D eigenvalue weighted by Gasteiger charge is -2.29. The van der Waals surface area contributed by atoms with E-state index in [4.69, 9.17) is 9.47 Å². The van der Waals surface area contributed by atoms with E-state index in [0.29, 0.717) is 13.2 Å². The minimum Gasteiger partial charge on any atom is -0.464 e. The molecule has 1 rings (SSSR count). The molecule has 5 nitrogen and oxygen atoms in total. The summed E-state index contributed by atoms with van der Waals surface area (Å²) in [5.74, 6) is 0.132. The van der Waals surface area contributed by atoms with Gasteiger partial charge in [-0.15, -0.1) is 0 Å². The molecule has 1 unspecified atom stereocenters. The van der Waals surface area contributed by atoms with E-state index in [2.05, 4.69) is 12.2 Å². The van der Waals surface area contributed by atoms with Gasteiger partial charge in [-0.25, -0.2) is 9.59 Å². The third-order valence-corrected chi connectivity index (χ3v) is 4.94. The summed E-state index contributed by atoms with van der Waals surface area (Å²) in [6.07, 6.45) is 11.7. The highest BCUT2D eigenvalue weighted by Gasteiger charge is 2.32. The van der Waals surface area contributed by atoms with E-state index in [1.54, 1.807) is 0 Å². The van der Waals surface area contributed by atoms with E-state index >= 15 is 0 Å². The van der Waals surface area contributed by atoms with Gasteiger partial charge in [-0.3, -0.25) is 0 Å². The number of carbonyl (C=O) groups excluding carboxylic acids is 2. The summed E-state index contributed by atoms with van der Waals surface area (Å²) in [5.41, 5.74) is 0. The first-order valence-electron chi connectivity index (χ1n) is 10.6. The molecular weight excluding hydrogens is 330 g/mol. The van der Waals surface area contributed by atoms with E-state index in [1.165, 1.54) is 32.1 Å². The van der Waals surface area contributed by atoms with Gasteiger partial charge in [0.1, 0.15) is 6.04 Å². The number of nitrogens with one attached hydrogen (secondary N) is 1. The zero-order valence-electron chi connectivity index (χ0n) is 17.1. The van der Waals surface area contributed by atoms with Crippen molar-refractivity contribution in [3.8, 4) is 0 Å². The molecule has 1 aliphatic carbocycles. The molecule has 0 saturated heterocycles. The summed E-state index contributed by atoms with van der Waals surface area (Å²) in [6.45, 7) is 6.97. The lowest BCUT2D eigenvalue weighted by Crippen LogP contribution is -2.47. The number of ether oxygens (including phenoxy) is 2. The van der Waals surface area contributed by atoms with Crippen molar-refractivity contribution in [2.24, 2.45) is 11.8 Å². The monoisotopic (exact) mass is 369 g/mol. The molecule has 0 radical (unpaired) electrons. The molecule has 1 aliphatic rings. The molecule has 1 N–H and O–H groups in total. The summed E-state index contributed by atoms with van der Waals surface area (Å²) >= 11 is 0. The molecule has 0 heterocycles. The fourth-order valence-electron chi connectivity index (χ4n) is 3.39. The van der Waals surface area contributed by atoms with Crippen molar-refractivity contribution in [3.63, 3.8) is 0 Å². The van der Waals surface area contributed by atoms with Crippen molar-refractivity contribution in [1.82, 2.24) is 5.32 Å². The van der Waals surface area contributed by atoms with Gasteiger partial charge in [0.15, 0.2) is 0 Å². The Morgan fingerprint density at radius 1 is 0.962 bits per heavy atom. The third kappa shape index (κ3) is 10.0. The van der Waals surface area contributed by atoms with E-state index in [1.807, 2.05) is 13.8 Å². The van der Waals surface area contributed by atoms with Gasteiger partial charge in [0.2, 0.25) is 0 Å². The average molecular weight is 370 g/mol. The molecule has 0 aromatic rings. The molecule has 0 aliphatic heterocycles. The fraction of sp³-hybridized carbons (Fsp3) is 0.905. The summed E-state index contributed by atoms with van der Waals surface area (Å²) in [6, 6.07) is -0.574. The number of carbonyl (C=O) groups is 2. The maximum Gasteiger partial charge on any atom is 0.407 e. The normalized spacial score (nSPS) is 16.3. The minimum absolute atomic E-state index is 0.160. The van der Waals surface area contributed by atoms with Crippen LogP contribution in [0.3, 0.4) is 0 Å². The second-order valence-corrected chi connectivity index (χ2v) is 7.95. The van der Waals surface area contributed by atoms with Crippen LogP contribution in [-0.2, 0) is 14.3 Å². The zero-order chi connectivity index (χ0) is 19.2. The lowest BCUT2D eigenvalue weighted by molar-refractivity contribution is -0.148. The first-order valence-corrected chi connectivity index (χ1v) is 10.6. The van der Waals surface area contributed by atoms with Crippen molar-refractivity contribution in [2.45, 2.75) is 97.4 Å². The topological polar surface area (TPSA) is 64.6 Å². The Kier molecular flexibility index (Phi) is 12.2. The number of esters is 1. The largest absolute Gasteiger partial charge is 0.464 e. The Morgan fingerprint density at radius 3 is 2.27 bits per heavy atom. The van der Waals surface area contributed by atoms with E-state index in [-0.39, 0.29) is 17.8 Å². The van der Waals surface area contributed by atoms with Crippen LogP contribution in [0.4, 0.5) is 4.79 Å². The molecule has 0 spiro atoms. The standard InChI is InChI=1S/C21H39NO4/c1-4-5-6-7-8-12-15-25-20(23)19(18-13-10-9-11-14-18)22-21(24)26-16-17(2)3/h17-19H,4-16H2,1-3H3,(H,22,24). The molecule has 1 saturated carbocycles. The molecule has 152 valence electrons. The van der Waals surface area contributed by atoms with Crippen LogP contribution in [0, 0.1) is 11.8 Å². The number of unbranched alkanes of at least 4 members (excludes halogenated alkanes) is 5. The molecule has 0 bridgehead atoms. The van der Waals surface area contributed by atoms with Gasteiger partial charge in [-0.1, -0.05) is 72.1 Å². The number of amides is 1. The average Bonchev–Trinajstić information content (AvgIpc) is 2.64. The van der Waals surface area contributed by atoms with Crippen LogP contribution in [-0.4, -0.2) is 31.3 Å². The van der Waals surface area contributed by atoms with Crippen molar-refractivity contribution in [3.05, 3.63) is 0 Å². The van der Waals surface area contributed by atoms with Crippen LogP contribution in [0.5, 0.6) is 0 Å². The molecule has 1 fully saturated rings. The maximum atomic E-state index is 12.6. The maximum absolute atomic E-state index is 12.6. The van der Waals surface area contributed by atoms with Crippen LogP contribution in [0.15, 0.2) is 0 Å². The van der Waals surface area contributed by atoms with Gasteiger partial charge in [0.25, 0.3) is 0 Å². The fourth-order valence-corrected chi connectivity index (χ4v) is 3.39. The first-order chi connectivity index (χ1) is 12.5.